The summed E-state index contributed by atoms with van der Waals surface area (Å²) < 4.78 is 0. The molecule has 2 aromatic rings. The lowest BCUT2D eigenvalue weighted by atomic mass is 10.1. The maximum atomic E-state index is 10.0. The molecule has 0 fully saturated rings. The van der Waals surface area contributed by atoms with E-state index in [0.717, 1.165) is 21.1 Å². The van der Waals surface area contributed by atoms with Crippen LogP contribution in [0, 0.1) is 6.92 Å². The van der Waals surface area contributed by atoms with Crippen LogP contribution in [0.1, 0.15) is 24.4 Å². The zero-order valence-electron chi connectivity index (χ0n) is 9.69. The van der Waals surface area contributed by atoms with E-state index in [1.165, 1.54) is 0 Å². The highest BCUT2D eigenvalue weighted by Gasteiger charge is 2.23. The van der Waals surface area contributed by atoms with Crippen LogP contribution in [0.2, 0.25) is 0 Å². The highest BCUT2D eigenvalue weighted by molar-refractivity contribution is 7.15. The molecule has 0 aliphatic rings. The van der Waals surface area contributed by atoms with Crippen molar-refractivity contribution in [2.45, 2.75) is 26.4 Å². The van der Waals surface area contributed by atoms with Gasteiger partial charge in [0.25, 0.3) is 0 Å². The smallest absolute Gasteiger partial charge is 0.123 e. The van der Waals surface area contributed by atoms with Crippen LogP contribution < -0.4 is 0 Å². The topological polar surface area (TPSA) is 33.1 Å². The zero-order valence-corrected chi connectivity index (χ0v) is 10.5. The van der Waals surface area contributed by atoms with E-state index in [0.29, 0.717) is 0 Å². The fourth-order valence-corrected chi connectivity index (χ4v) is 2.74. The third-order valence-corrected chi connectivity index (χ3v) is 3.89. The largest absolute Gasteiger partial charge is 0.385 e. The van der Waals surface area contributed by atoms with Crippen molar-refractivity contribution in [2.24, 2.45) is 0 Å². The lowest BCUT2D eigenvalue weighted by Crippen LogP contribution is -2.14. The van der Waals surface area contributed by atoms with E-state index in [1.54, 1.807) is 25.2 Å². The predicted octanol–water partition coefficient (Wildman–Crippen LogP) is 3.35. The summed E-state index contributed by atoms with van der Waals surface area (Å²) in [4.78, 5) is 5.44. The molecule has 0 amide bonds. The van der Waals surface area contributed by atoms with Crippen LogP contribution in [0.4, 0.5) is 0 Å². The van der Waals surface area contributed by atoms with Crippen LogP contribution in [0.5, 0.6) is 0 Å². The summed E-state index contributed by atoms with van der Waals surface area (Å²) in [5, 5.41) is 11.0. The molecular formula is C13H15NOS. The van der Waals surface area contributed by atoms with Crippen molar-refractivity contribution >= 4 is 11.3 Å². The SMILES string of the molecule is Cc1nc(-c2ccccc2)sc1C(C)(C)O. The lowest BCUT2D eigenvalue weighted by molar-refractivity contribution is 0.0817. The van der Waals surface area contributed by atoms with Gasteiger partial charge in [-0.3, -0.25) is 0 Å². The Morgan fingerprint density at radius 1 is 1.19 bits per heavy atom. The minimum Gasteiger partial charge on any atom is -0.385 e. The number of rotatable bonds is 2. The van der Waals surface area contributed by atoms with Gasteiger partial charge in [0, 0.05) is 5.56 Å². The highest BCUT2D eigenvalue weighted by Crippen LogP contribution is 2.34. The summed E-state index contributed by atoms with van der Waals surface area (Å²) >= 11 is 1.56. The third kappa shape index (κ3) is 2.15. The number of hydrogen-bond acceptors (Lipinski definition) is 3. The van der Waals surface area contributed by atoms with Crippen molar-refractivity contribution in [3.63, 3.8) is 0 Å². The second-order valence-corrected chi connectivity index (χ2v) is 5.36. The van der Waals surface area contributed by atoms with Gasteiger partial charge in [0.15, 0.2) is 0 Å². The van der Waals surface area contributed by atoms with Gasteiger partial charge in [-0.05, 0) is 20.8 Å². The van der Waals surface area contributed by atoms with Gasteiger partial charge in [0.2, 0.25) is 0 Å². The lowest BCUT2D eigenvalue weighted by Gasteiger charge is -2.14. The van der Waals surface area contributed by atoms with E-state index < -0.39 is 5.60 Å². The van der Waals surface area contributed by atoms with E-state index in [9.17, 15) is 5.11 Å². The molecule has 84 valence electrons. The number of thiazole rings is 1. The van der Waals surface area contributed by atoms with Gasteiger partial charge in [-0.1, -0.05) is 30.3 Å². The monoisotopic (exact) mass is 233 g/mol. The Kier molecular flexibility index (Phi) is 2.82. The molecule has 0 radical (unpaired) electrons. The molecule has 0 bridgehead atoms. The Morgan fingerprint density at radius 2 is 1.81 bits per heavy atom. The normalized spacial score (nSPS) is 11.8. The second kappa shape index (κ2) is 4.00. The predicted molar refractivity (Wildman–Crippen MR) is 67.5 cm³/mol. The van der Waals surface area contributed by atoms with Gasteiger partial charge in [-0.2, -0.15) is 0 Å². The molecule has 2 nitrogen and oxygen atoms in total. The summed E-state index contributed by atoms with van der Waals surface area (Å²) in [5.74, 6) is 0. The molecule has 0 atom stereocenters. The first-order valence-corrected chi connectivity index (χ1v) is 6.06. The molecule has 0 aliphatic carbocycles. The standard InChI is InChI=1S/C13H15NOS/c1-9-11(13(2,3)15)16-12(14-9)10-7-5-4-6-8-10/h4-8,15H,1-3H3. The van der Waals surface area contributed by atoms with Gasteiger partial charge in [-0.25, -0.2) is 4.98 Å². The second-order valence-electron chi connectivity index (χ2n) is 4.36. The van der Waals surface area contributed by atoms with Crippen LogP contribution >= 0.6 is 11.3 Å². The maximum Gasteiger partial charge on any atom is 0.123 e. The number of nitrogens with zero attached hydrogens (tertiary/aromatic N) is 1. The minimum atomic E-state index is -0.811. The van der Waals surface area contributed by atoms with Crippen molar-refractivity contribution < 1.29 is 5.11 Å². The van der Waals surface area contributed by atoms with Gasteiger partial charge < -0.3 is 5.11 Å². The van der Waals surface area contributed by atoms with Crippen LogP contribution in [0.3, 0.4) is 0 Å². The average molecular weight is 233 g/mol. The molecule has 0 spiro atoms. The average Bonchev–Trinajstić information content (AvgIpc) is 2.61. The fourth-order valence-electron chi connectivity index (χ4n) is 1.67. The van der Waals surface area contributed by atoms with Gasteiger partial charge >= 0.3 is 0 Å². The van der Waals surface area contributed by atoms with Crippen molar-refractivity contribution in [3.8, 4) is 10.6 Å². The van der Waals surface area contributed by atoms with Crippen molar-refractivity contribution in [3.05, 3.63) is 40.9 Å². The van der Waals surface area contributed by atoms with E-state index in [1.807, 2.05) is 37.3 Å². The molecule has 0 unspecified atom stereocenters. The fraction of sp³-hybridized carbons (Fsp3) is 0.308. The zero-order chi connectivity index (χ0) is 11.8. The summed E-state index contributed by atoms with van der Waals surface area (Å²) in [6.07, 6.45) is 0. The van der Waals surface area contributed by atoms with E-state index in [-0.39, 0.29) is 0 Å². The van der Waals surface area contributed by atoms with Gasteiger partial charge in [0.05, 0.1) is 16.2 Å². The van der Waals surface area contributed by atoms with Crippen molar-refractivity contribution in [1.82, 2.24) is 4.98 Å². The van der Waals surface area contributed by atoms with Crippen molar-refractivity contribution in [1.29, 1.82) is 0 Å². The summed E-state index contributed by atoms with van der Waals surface area (Å²) in [6, 6.07) is 10.0. The van der Waals surface area contributed by atoms with Gasteiger partial charge in [0.1, 0.15) is 5.01 Å². The molecule has 3 heteroatoms. The molecule has 16 heavy (non-hydrogen) atoms. The molecule has 0 aliphatic heterocycles. The quantitative estimate of drug-likeness (QED) is 0.863. The number of aromatic nitrogens is 1. The first-order chi connectivity index (χ1) is 7.48. The first-order valence-electron chi connectivity index (χ1n) is 5.24. The summed E-state index contributed by atoms with van der Waals surface area (Å²) in [6.45, 7) is 5.53. The van der Waals surface area contributed by atoms with E-state index >= 15 is 0 Å². The Labute approximate surface area is 99.6 Å². The molecular weight excluding hydrogens is 218 g/mol. The van der Waals surface area contributed by atoms with E-state index in [2.05, 4.69) is 4.98 Å². The third-order valence-electron chi connectivity index (χ3n) is 2.37. The Hall–Kier alpha value is -1.19. The van der Waals surface area contributed by atoms with Gasteiger partial charge in [-0.15, -0.1) is 11.3 Å². The molecule has 0 saturated carbocycles. The van der Waals surface area contributed by atoms with Crippen LogP contribution in [-0.2, 0) is 5.60 Å². The minimum absolute atomic E-state index is 0.811. The summed E-state index contributed by atoms with van der Waals surface area (Å²) in [5.41, 5.74) is 1.21. The van der Waals surface area contributed by atoms with E-state index in [4.69, 9.17) is 0 Å². The molecule has 1 aromatic heterocycles. The molecule has 1 heterocycles. The number of hydrogen-bond donors (Lipinski definition) is 1. The highest BCUT2D eigenvalue weighted by atomic mass is 32.1. The molecule has 0 saturated heterocycles. The maximum absolute atomic E-state index is 10.0. The Balaban J connectivity index is 2.47. The number of aryl methyl sites for hydroxylation is 1. The molecule has 1 N–H and O–H groups in total. The van der Waals surface area contributed by atoms with Crippen LogP contribution in [0.25, 0.3) is 10.6 Å². The number of benzene rings is 1. The first kappa shape index (κ1) is 11.3. The number of aliphatic hydroxyl groups is 1. The van der Waals surface area contributed by atoms with Crippen LogP contribution in [-0.4, -0.2) is 10.1 Å². The Bertz CT molecular complexity index is 482. The molecule has 1 aromatic carbocycles. The van der Waals surface area contributed by atoms with Crippen LogP contribution in [0.15, 0.2) is 30.3 Å². The van der Waals surface area contributed by atoms with Crippen molar-refractivity contribution in [2.75, 3.05) is 0 Å². The Morgan fingerprint density at radius 3 is 2.31 bits per heavy atom. The summed E-state index contributed by atoms with van der Waals surface area (Å²) in [7, 11) is 0. The molecule has 2 rings (SSSR count).